The Kier molecular flexibility index (Phi) is 7.65. The molecule has 0 bridgehead atoms. The summed E-state index contributed by atoms with van der Waals surface area (Å²) < 4.78 is 0. The first-order chi connectivity index (χ1) is 7.24. The topological polar surface area (TPSA) is 20.2 Å². The van der Waals surface area contributed by atoms with E-state index in [-0.39, 0.29) is 5.38 Å². The molecule has 0 aromatic heterocycles. The Bertz CT molecular complexity index is 246. The van der Waals surface area contributed by atoms with Gasteiger partial charge in [0, 0.05) is 14.0 Å². The summed E-state index contributed by atoms with van der Waals surface area (Å²) in [4.78, 5) is 0. The highest BCUT2D eigenvalue weighted by molar-refractivity contribution is 6.76. The molecule has 0 amide bonds. The van der Waals surface area contributed by atoms with Gasteiger partial charge in [-0.15, -0.1) is 29.8 Å². The molecule has 1 nitrogen and oxygen atoms in total. The number of hydrogen-bond donors (Lipinski definition) is 1. The van der Waals surface area contributed by atoms with E-state index in [1.54, 1.807) is 12.2 Å². The molecule has 0 spiro atoms. The maximum Gasteiger partial charge on any atom is 0.0758 e. The predicted octanol–water partition coefficient (Wildman–Crippen LogP) is 4.03. The van der Waals surface area contributed by atoms with E-state index in [1.165, 1.54) is 0 Å². The third-order valence-electron chi connectivity index (χ3n) is 1.97. The summed E-state index contributed by atoms with van der Waals surface area (Å²) in [7, 11) is -1.12. The summed E-state index contributed by atoms with van der Waals surface area (Å²) in [5.41, 5.74) is 1.12. The first-order valence-electron chi connectivity index (χ1n) is 5.47. The number of allylic oxidation sites excluding steroid dienone is 1. The zero-order valence-corrected chi connectivity index (χ0v) is 12.9. The predicted molar refractivity (Wildman–Crippen MR) is 77.4 cm³/mol. The van der Waals surface area contributed by atoms with Crippen LogP contribution < -0.4 is 0 Å². The minimum atomic E-state index is -1.12. The van der Waals surface area contributed by atoms with E-state index in [0.717, 1.165) is 11.6 Å². The van der Waals surface area contributed by atoms with Crippen LogP contribution in [-0.4, -0.2) is 30.5 Å². The largest absolute Gasteiger partial charge is 0.389 e. The van der Waals surface area contributed by atoms with Gasteiger partial charge in [-0.25, -0.2) is 0 Å². The van der Waals surface area contributed by atoms with Gasteiger partial charge in [0.1, 0.15) is 0 Å². The van der Waals surface area contributed by atoms with Gasteiger partial charge in [-0.05, 0) is 12.5 Å². The van der Waals surface area contributed by atoms with Crippen LogP contribution in [0.5, 0.6) is 0 Å². The van der Waals surface area contributed by atoms with Crippen molar-refractivity contribution in [1.82, 2.24) is 0 Å². The summed E-state index contributed by atoms with van der Waals surface area (Å²) in [6.07, 6.45) is 3.57. The fourth-order valence-electron chi connectivity index (χ4n) is 1.49. The normalized spacial score (nSPS) is 16.4. The Morgan fingerprint density at radius 3 is 2.38 bits per heavy atom. The van der Waals surface area contributed by atoms with Crippen LogP contribution in [0.4, 0.5) is 0 Å². The van der Waals surface area contributed by atoms with Crippen molar-refractivity contribution in [2.75, 3.05) is 5.88 Å². The van der Waals surface area contributed by atoms with Gasteiger partial charge in [0.25, 0.3) is 0 Å². The van der Waals surface area contributed by atoms with Crippen molar-refractivity contribution >= 4 is 31.3 Å². The van der Waals surface area contributed by atoms with Gasteiger partial charge in [-0.3, -0.25) is 0 Å². The van der Waals surface area contributed by atoms with Crippen LogP contribution in [0.3, 0.4) is 0 Å². The molecular weight excluding hydrogens is 259 g/mol. The molecule has 0 saturated carbocycles. The molecule has 0 aromatic rings. The first kappa shape index (κ1) is 16.2. The highest BCUT2D eigenvalue weighted by Crippen LogP contribution is 2.19. The van der Waals surface area contributed by atoms with Crippen molar-refractivity contribution in [3.05, 3.63) is 24.3 Å². The molecule has 2 atom stereocenters. The van der Waals surface area contributed by atoms with Gasteiger partial charge in [0.05, 0.1) is 11.5 Å². The zero-order chi connectivity index (χ0) is 12.8. The second-order valence-corrected chi connectivity index (χ2v) is 11.7. The van der Waals surface area contributed by atoms with Gasteiger partial charge in [0.2, 0.25) is 0 Å². The quantitative estimate of drug-likeness (QED) is 0.424. The van der Waals surface area contributed by atoms with E-state index in [4.69, 9.17) is 23.2 Å². The molecule has 16 heavy (non-hydrogen) atoms. The molecule has 0 aromatic carbocycles. The maximum absolute atomic E-state index is 9.73. The van der Waals surface area contributed by atoms with E-state index in [2.05, 4.69) is 26.2 Å². The summed E-state index contributed by atoms with van der Waals surface area (Å²) in [5.74, 6) is 0.362. The molecule has 94 valence electrons. The van der Waals surface area contributed by atoms with Gasteiger partial charge in [-0.2, -0.15) is 0 Å². The molecule has 1 N–H and O–H groups in total. The second-order valence-electron chi connectivity index (χ2n) is 5.31. The van der Waals surface area contributed by atoms with E-state index in [1.807, 2.05) is 0 Å². The monoisotopic (exact) mass is 280 g/mol. The lowest BCUT2D eigenvalue weighted by molar-refractivity contribution is 0.223. The number of aliphatic hydroxyl groups excluding tert-OH is 1. The van der Waals surface area contributed by atoms with Crippen LogP contribution in [0.25, 0.3) is 0 Å². The van der Waals surface area contributed by atoms with Gasteiger partial charge < -0.3 is 5.11 Å². The van der Waals surface area contributed by atoms with Crippen molar-refractivity contribution in [1.29, 1.82) is 0 Å². The maximum atomic E-state index is 9.73. The molecular formula is C12H22Cl2OSi. The lowest BCUT2D eigenvalue weighted by Crippen LogP contribution is -2.20. The van der Waals surface area contributed by atoms with E-state index in [0.29, 0.717) is 12.3 Å². The number of alkyl halides is 2. The van der Waals surface area contributed by atoms with E-state index < -0.39 is 14.2 Å². The highest BCUT2D eigenvalue weighted by atomic mass is 35.5. The Labute approximate surface area is 110 Å². The lowest BCUT2D eigenvalue weighted by atomic mass is 10.1. The molecule has 0 aliphatic carbocycles. The number of halogens is 2. The van der Waals surface area contributed by atoms with Crippen molar-refractivity contribution < 1.29 is 5.11 Å². The molecule has 0 saturated heterocycles. The summed E-state index contributed by atoms with van der Waals surface area (Å²) in [6.45, 7) is 10.9. The highest BCUT2D eigenvalue weighted by Gasteiger charge is 2.15. The van der Waals surface area contributed by atoms with Crippen molar-refractivity contribution in [2.45, 2.75) is 43.6 Å². The molecule has 1 unspecified atom stereocenters. The minimum Gasteiger partial charge on any atom is -0.389 e. The fraction of sp³-hybridized carbons (Fsp3) is 0.667. The Morgan fingerprint density at radius 1 is 1.38 bits per heavy atom. The molecule has 4 heteroatoms. The molecule has 0 aliphatic heterocycles. The number of hydrogen-bond acceptors (Lipinski definition) is 1. The minimum absolute atomic E-state index is 0.207. The summed E-state index contributed by atoms with van der Waals surface area (Å²) in [6, 6.07) is 1.05. The Morgan fingerprint density at radius 2 is 1.94 bits per heavy atom. The van der Waals surface area contributed by atoms with Crippen molar-refractivity contribution in [2.24, 2.45) is 0 Å². The standard InChI is InChI=1S/C12H22Cl2OSi/c1-10(9-16(2,3)4)7-12(15)6-5-11(14)8-13/h5-6,11-12,15H,1,7-9H2,2-4H3/b6-5+/t11?,12-/m1/s1. The van der Waals surface area contributed by atoms with E-state index in [9.17, 15) is 5.11 Å². The SMILES string of the molecule is C=C(C[C@H](O)/C=C/C(Cl)CCl)C[Si](C)(C)C. The first-order valence-corrected chi connectivity index (χ1v) is 10.2. The van der Waals surface area contributed by atoms with Crippen molar-refractivity contribution in [3.63, 3.8) is 0 Å². The summed E-state index contributed by atoms with van der Waals surface area (Å²) >= 11 is 11.4. The van der Waals surface area contributed by atoms with Crippen LogP contribution >= 0.6 is 23.2 Å². The van der Waals surface area contributed by atoms with Gasteiger partial charge in [-0.1, -0.05) is 37.4 Å². The lowest BCUT2D eigenvalue weighted by Gasteiger charge is -2.18. The Balaban J connectivity index is 4.01. The molecule has 0 fully saturated rings. The third-order valence-corrected chi connectivity index (χ3v) is 4.32. The smallest absolute Gasteiger partial charge is 0.0758 e. The zero-order valence-electron chi connectivity index (χ0n) is 10.3. The van der Waals surface area contributed by atoms with Crippen LogP contribution in [0, 0.1) is 0 Å². The summed E-state index contributed by atoms with van der Waals surface area (Å²) in [5, 5.41) is 9.52. The molecule has 0 aliphatic rings. The third kappa shape index (κ3) is 9.46. The van der Waals surface area contributed by atoms with Gasteiger partial charge >= 0.3 is 0 Å². The van der Waals surface area contributed by atoms with Crippen molar-refractivity contribution in [3.8, 4) is 0 Å². The van der Waals surface area contributed by atoms with Crippen LogP contribution in [0.15, 0.2) is 24.3 Å². The molecule has 0 radical (unpaired) electrons. The van der Waals surface area contributed by atoms with E-state index >= 15 is 0 Å². The second kappa shape index (κ2) is 7.54. The van der Waals surface area contributed by atoms with Crippen LogP contribution in [-0.2, 0) is 0 Å². The fourth-order valence-corrected chi connectivity index (χ4v) is 3.32. The Hall–Kier alpha value is 0.237. The molecule has 0 rings (SSSR count). The van der Waals surface area contributed by atoms with Crippen LogP contribution in [0.1, 0.15) is 6.42 Å². The van der Waals surface area contributed by atoms with Crippen LogP contribution in [0.2, 0.25) is 25.7 Å². The van der Waals surface area contributed by atoms with Gasteiger partial charge in [0.15, 0.2) is 0 Å². The average molecular weight is 281 g/mol. The average Bonchev–Trinajstić information content (AvgIpc) is 2.10. The number of rotatable bonds is 7. The molecule has 0 heterocycles. The number of aliphatic hydroxyl groups is 1.